The summed E-state index contributed by atoms with van der Waals surface area (Å²) in [7, 11) is 5.84. The van der Waals surface area contributed by atoms with Gasteiger partial charge in [0.25, 0.3) is 5.91 Å². The molecular weight excluding hydrogens is 479 g/mol. The van der Waals surface area contributed by atoms with E-state index >= 15 is 0 Å². The van der Waals surface area contributed by atoms with Crippen LogP contribution in [0.1, 0.15) is 30.7 Å². The van der Waals surface area contributed by atoms with Crippen LogP contribution in [0.3, 0.4) is 0 Å². The Balaban J connectivity index is 1.79. The Morgan fingerprint density at radius 3 is 2.51 bits per heavy atom. The topological polar surface area (TPSA) is 64.7 Å². The third-order valence-corrected chi connectivity index (χ3v) is 6.14. The monoisotopic (exact) mass is 505 g/mol. The second-order valence-corrected chi connectivity index (χ2v) is 9.25. The van der Waals surface area contributed by atoms with Gasteiger partial charge in [-0.15, -0.1) is 0 Å². The lowest BCUT2D eigenvalue weighted by atomic mass is 10.0. The molecule has 2 aromatic rings. The lowest BCUT2D eigenvalue weighted by Crippen LogP contribution is -2.44. The third-order valence-electron chi connectivity index (χ3n) is 5.74. The number of hydrogen-bond donors (Lipinski definition) is 0. The number of nitriles is 1. The van der Waals surface area contributed by atoms with Gasteiger partial charge in [-0.1, -0.05) is 0 Å². The zero-order chi connectivity index (χ0) is 26.1. The predicted molar refractivity (Wildman–Crippen MR) is 130 cm³/mol. The first-order valence-corrected chi connectivity index (χ1v) is 11.1. The van der Waals surface area contributed by atoms with E-state index in [0.717, 1.165) is 29.3 Å². The molecule has 0 spiro atoms. The number of hydrogen-bond acceptors (Lipinski definition) is 5. The zero-order valence-electron chi connectivity index (χ0n) is 20.1. The average Bonchev–Trinajstić information content (AvgIpc) is 3.18. The molecule has 0 saturated carbocycles. The number of carbonyl (C=O) groups excluding carboxylic acids is 1. The molecule has 35 heavy (non-hydrogen) atoms. The third kappa shape index (κ3) is 5.18. The summed E-state index contributed by atoms with van der Waals surface area (Å²) < 4.78 is 48.0. The highest BCUT2D eigenvalue weighted by atomic mass is 32.1. The fraction of sp³-hybridized carbons (Fsp3) is 0.375. The van der Waals surface area contributed by atoms with E-state index in [-0.39, 0.29) is 17.3 Å². The fourth-order valence-electron chi connectivity index (χ4n) is 3.77. The molecule has 7 nitrogen and oxygen atoms in total. The smallest absolute Gasteiger partial charge is 0.417 e. The van der Waals surface area contributed by atoms with Crippen LogP contribution in [0.15, 0.2) is 42.7 Å². The van der Waals surface area contributed by atoms with Gasteiger partial charge in [0.15, 0.2) is 11.0 Å². The minimum Gasteiger partial charge on any atom is -0.449 e. The number of aromatic nitrogens is 1. The van der Waals surface area contributed by atoms with E-state index in [0.29, 0.717) is 5.88 Å². The van der Waals surface area contributed by atoms with Gasteiger partial charge in [-0.3, -0.25) is 9.69 Å². The van der Waals surface area contributed by atoms with Crippen molar-refractivity contribution in [2.24, 2.45) is 7.05 Å². The lowest BCUT2D eigenvalue weighted by Gasteiger charge is -2.28. The minimum atomic E-state index is -4.75. The van der Waals surface area contributed by atoms with Crippen LogP contribution in [0.4, 0.5) is 18.9 Å². The number of benzene rings is 1. The molecule has 1 aliphatic rings. The Kier molecular flexibility index (Phi) is 7.29. The summed E-state index contributed by atoms with van der Waals surface area (Å²) in [5.41, 5.74) is -1.71. The number of thiocarbonyl (C=S) groups is 1. The van der Waals surface area contributed by atoms with Crippen LogP contribution < -0.4 is 9.64 Å². The van der Waals surface area contributed by atoms with Crippen LogP contribution in [0, 0.1) is 11.3 Å². The molecule has 11 heteroatoms. The molecule has 0 radical (unpaired) electrons. The van der Waals surface area contributed by atoms with Crippen LogP contribution in [0.5, 0.6) is 5.88 Å². The summed E-state index contributed by atoms with van der Waals surface area (Å²) in [5.74, 6) is 0.168. The minimum absolute atomic E-state index is 0.0423. The molecule has 0 bridgehead atoms. The summed E-state index contributed by atoms with van der Waals surface area (Å²) in [4.78, 5) is 17.9. The van der Waals surface area contributed by atoms with Crippen molar-refractivity contribution in [1.82, 2.24) is 14.4 Å². The molecule has 1 aliphatic heterocycles. The van der Waals surface area contributed by atoms with Crippen molar-refractivity contribution >= 4 is 28.9 Å². The van der Waals surface area contributed by atoms with E-state index in [1.165, 1.54) is 18.4 Å². The van der Waals surface area contributed by atoms with Gasteiger partial charge in [0.1, 0.15) is 5.54 Å². The van der Waals surface area contributed by atoms with Crippen molar-refractivity contribution < 1.29 is 22.7 Å². The number of carbonyl (C=O) groups is 1. The molecule has 2 heterocycles. The zero-order valence-corrected chi connectivity index (χ0v) is 20.9. The highest BCUT2D eigenvalue weighted by molar-refractivity contribution is 7.80. The van der Waals surface area contributed by atoms with Crippen molar-refractivity contribution in [3.63, 3.8) is 0 Å². The van der Waals surface area contributed by atoms with Gasteiger partial charge in [-0.2, -0.15) is 18.4 Å². The Hall–Kier alpha value is -3.36. The van der Waals surface area contributed by atoms with E-state index in [2.05, 4.69) is 0 Å². The maximum Gasteiger partial charge on any atom is 0.417 e. The quantitative estimate of drug-likeness (QED) is 0.414. The molecule has 0 aliphatic carbocycles. The maximum absolute atomic E-state index is 13.4. The normalized spacial score (nSPS) is 16.0. The molecule has 0 atom stereocenters. The molecule has 1 aromatic heterocycles. The highest BCUT2D eigenvalue weighted by Crippen LogP contribution is 2.37. The van der Waals surface area contributed by atoms with E-state index in [1.807, 2.05) is 42.7 Å². The van der Waals surface area contributed by atoms with E-state index in [4.69, 9.17) is 22.2 Å². The van der Waals surface area contributed by atoms with Gasteiger partial charge in [0.05, 0.1) is 29.1 Å². The second kappa shape index (κ2) is 9.71. The summed E-state index contributed by atoms with van der Waals surface area (Å²) in [5, 5.41) is 9.10. The van der Waals surface area contributed by atoms with Gasteiger partial charge < -0.3 is 19.1 Å². The summed E-state index contributed by atoms with van der Waals surface area (Å²) in [6.07, 6.45) is -1.57. The van der Waals surface area contributed by atoms with Crippen LogP contribution >= 0.6 is 12.2 Å². The molecule has 1 aromatic carbocycles. The Labute approximate surface area is 207 Å². The van der Waals surface area contributed by atoms with Gasteiger partial charge in [0.2, 0.25) is 0 Å². The number of anilines is 1. The summed E-state index contributed by atoms with van der Waals surface area (Å²) >= 11 is 5.48. The van der Waals surface area contributed by atoms with Crippen LogP contribution in [-0.4, -0.2) is 51.6 Å². The van der Waals surface area contributed by atoms with E-state index in [1.54, 1.807) is 24.8 Å². The standard InChI is InChI=1S/C24H26F3N5O2S/c1-23(2)21(33)32(17-8-7-16(14-28)19(13-17)24(25,26)27)22(35)31(23)11-6-12-34-20-10-9-18(30(20)5)15-29(3)4/h6-10,12-13H,11,15H2,1-5H3/b12-6+. The fourth-order valence-corrected chi connectivity index (χ4v) is 4.26. The average molecular weight is 506 g/mol. The Bertz CT molecular complexity index is 1210. The number of amides is 1. The number of ether oxygens (including phenoxy) is 1. The van der Waals surface area contributed by atoms with Crippen molar-refractivity contribution in [2.75, 3.05) is 25.5 Å². The van der Waals surface area contributed by atoms with Crippen molar-refractivity contribution in [2.45, 2.75) is 32.1 Å². The molecule has 3 rings (SSSR count). The number of nitrogens with zero attached hydrogens (tertiary/aromatic N) is 5. The second-order valence-electron chi connectivity index (χ2n) is 8.88. The van der Waals surface area contributed by atoms with E-state index in [9.17, 15) is 18.0 Å². The van der Waals surface area contributed by atoms with E-state index < -0.39 is 28.7 Å². The van der Waals surface area contributed by atoms with Gasteiger partial charge in [-0.25, -0.2) is 0 Å². The van der Waals surface area contributed by atoms with Crippen LogP contribution in [0.25, 0.3) is 0 Å². The summed E-state index contributed by atoms with van der Waals surface area (Å²) in [6.45, 7) is 4.25. The van der Waals surface area contributed by atoms with Crippen molar-refractivity contribution in [3.05, 3.63) is 59.5 Å². The first-order chi connectivity index (χ1) is 16.3. The molecular formula is C24H26F3N5O2S. The maximum atomic E-state index is 13.4. The highest BCUT2D eigenvalue weighted by Gasteiger charge is 2.49. The Morgan fingerprint density at radius 2 is 1.91 bits per heavy atom. The molecule has 1 saturated heterocycles. The molecule has 0 unspecified atom stereocenters. The largest absolute Gasteiger partial charge is 0.449 e. The number of rotatable bonds is 7. The predicted octanol–water partition coefficient (Wildman–Crippen LogP) is 4.28. The lowest BCUT2D eigenvalue weighted by molar-refractivity contribution is -0.137. The first-order valence-electron chi connectivity index (χ1n) is 10.7. The number of alkyl halides is 3. The van der Waals surface area contributed by atoms with Crippen LogP contribution in [-0.2, 0) is 24.6 Å². The van der Waals surface area contributed by atoms with Gasteiger partial charge in [0, 0.05) is 31.9 Å². The molecule has 186 valence electrons. The summed E-state index contributed by atoms with van der Waals surface area (Å²) in [6, 6.07) is 8.46. The molecule has 1 fully saturated rings. The number of halogens is 3. The van der Waals surface area contributed by atoms with Crippen molar-refractivity contribution in [1.29, 1.82) is 5.26 Å². The Morgan fingerprint density at radius 1 is 1.23 bits per heavy atom. The first kappa shape index (κ1) is 26.2. The SMILES string of the molecule is CN(C)Cc1ccc(O/C=C/CN2C(=S)N(c3ccc(C#N)c(C(F)(F)F)c3)C(=O)C2(C)C)n1C. The van der Waals surface area contributed by atoms with Gasteiger partial charge in [-0.05, 0) is 70.5 Å². The van der Waals surface area contributed by atoms with Crippen LogP contribution in [0.2, 0.25) is 0 Å². The van der Waals surface area contributed by atoms with Gasteiger partial charge >= 0.3 is 6.18 Å². The van der Waals surface area contributed by atoms with Crippen molar-refractivity contribution in [3.8, 4) is 11.9 Å². The molecule has 0 N–H and O–H groups in total. The molecule has 1 amide bonds.